The predicted molar refractivity (Wildman–Crippen MR) is 89.9 cm³/mol. The smallest absolute Gasteiger partial charge is 0.312 e. The Balaban J connectivity index is 1.47. The SMILES string of the molecule is CC1(c2ccc(CNCCc3cccc(C(F)(F)F)c3)cc2)CC1. The first-order valence-electron chi connectivity index (χ1n) is 8.33. The Morgan fingerprint density at radius 3 is 2.33 bits per heavy atom. The summed E-state index contributed by atoms with van der Waals surface area (Å²) < 4.78 is 38.0. The first-order valence-corrected chi connectivity index (χ1v) is 8.33. The van der Waals surface area contributed by atoms with E-state index >= 15 is 0 Å². The Hall–Kier alpha value is -1.81. The van der Waals surface area contributed by atoms with Crippen molar-refractivity contribution in [1.82, 2.24) is 5.32 Å². The van der Waals surface area contributed by atoms with Gasteiger partial charge in [-0.25, -0.2) is 0 Å². The summed E-state index contributed by atoms with van der Waals surface area (Å²) in [6.07, 6.45) is -1.16. The summed E-state index contributed by atoms with van der Waals surface area (Å²) in [5.41, 5.74) is 3.11. The highest BCUT2D eigenvalue weighted by Gasteiger charge is 2.38. The molecule has 1 saturated carbocycles. The largest absolute Gasteiger partial charge is 0.416 e. The first-order chi connectivity index (χ1) is 11.4. The van der Waals surface area contributed by atoms with Gasteiger partial charge in [0, 0.05) is 6.54 Å². The summed E-state index contributed by atoms with van der Waals surface area (Å²) in [5, 5.41) is 3.30. The van der Waals surface area contributed by atoms with E-state index in [1.165, 1.54) is 36.1 Å². The van der Waals surface area contributed by atoms with Gasteiger partial charge in [-0.1, -0.05) is 49.4 Å². The molecule has 0 spiro atoms. The molecule has 4 heteroatoms. The molecular formula is C20H22F3N. The Morgan fingerprint density at radius 2 is 1.71 bits per heavy atom. The van der Waals surface area contributed by atoms with Crippen molar-refractivity contribution < 1.29 is 13.2 Å². The lowest BCUT2D eigenvalue weighted by Crippen LogP contribution is -2.17. The molecule has 0 atom stereocenters. The van der Waals surface area contributed by atoms with Crippen LogP contribution in [0.25, 0.3) is 0 Å². The second-order valence-corrected chi connectivity index (χ2v) is 6.88. The minimum Gasteiger partial charge on any atom is -0.312 e. The molecule has 0 bridgehead atoms. The molecule has 0 aromatic heterocycles. The maximum atomic E-state index is 12.7. The molecule has 24 heavy (non-hydrogen) atoms. The molecule has 128 valence electrons. The van der Waals surface area contributed by atoms with Crippen LogP contribution in [0, 0.1) is 0 Å². The molecule has 1 nitrogen and oxygen atoms in total. The van der Waals surface area contributed by atoms with Gasteiger partial charge in [-0.05, 0) is 54.0 Å². The molecule has 1 fully saturated rings. The molecule has 0 radical (unpaired) electrons. The number of benzene rings is 2. The quantitative estimate of drug-likeness (QED) is 0.726. The van der Waals surface area contributed by atoms with Crippen molar-refractivity contribution in [3.8, 4) is 0 Å². The predicted octanol–water partition coefficient (Wildman–Crippen LogP) is 5.09. The number of hydrogen-bond donors (Lipinski definition) is 1. The summed E-state index contributed by atoms with van der Waals surface area (Å²) in [7, 11) is 0. The summed E-state index contributed by atoms with van der Waals surface area (Å²) in [6.45, 7) is 3.67. The zero-order valence-electron chi connectivity index (χ0n) is 13.8. The number of halogens is 3. The van der Waals surface area contributed by atoms with Gasteiger partial charge >= 0.3 is 6.18 Å². The van der Waals surface area contributed by atoms with Gasteiger partial charge in [0.2, 0.25) is 0 Å². The third kappa shape index (κ3) is 4.18. The minimum absolute atomic E-state index is 0.384. The number of alkyl halides is 3. The average Bonchev–Trinajstić information content (AvgIpc) is 3.31. The van der Waals surface area contributed by atoms with Crippen LogP contribution in [0.15, 0.2) is 48.5 Å². The van der Waals surface area contributed by atoms with Gasteiger partial charge in [-0.2, -0.15) is 13.2 Å². The third-order valence-electron chi connectivity index (χ3n) is 4.82. The van der Waals surface area contributed by atoms with E-state index in [0.29, 0.717) is 23.9 Å². The Labute approximate surface area is 140 Å². The molecule has 0 heterocycles. The molecule has 1 N–H and O–H groups in total. The van der Waals surface area contributed by atoms with Gasteiger partial charge in [-0.15, -0.1) is 0 Å². The van der Waals surface area contributed by atoms with Crippen LogP contribution >= 0.6 is 0 Å². The van der Waals surface area contributed by atoms with Crippen molar-refractivity contribution in [3.63, 3.8) is 0 Å². The standard InChI is InChI=1S/C20H22F3N/c1-19(10-11-19)17-7-5-16(6-8-17)14-24-12-9-15-3-2-4-18(13-15)20(21,22)23/h2-8,13,24H,9-12,14H2,1H3. The van der Waals surface area contributed by atoms with Gasteiger partial charge in [0.15, 0.2) is 0 Å². The van der Waals surface area contributed by atoms with Crippen LogP contribution in [0.3, 0.4) is 0 Å². The maximum absolute atomic E-state index is 12.7. The zero-order valence-corrected chi connectivity index (χ0v) is 13.8. The number of nitrogens with one attached hydrogen (secondary N) is 1. The lowest BCUT2D eigenvalue weighted by Gasteiger charge is -2.11. The number of hydrogen-bond acceptors (Lipinski definition) is 1. The van der Waals surface area contributed by atoms with Crippen LogP contribution in [0.1, 0.15) is 42.0 Å². The summed E-state index contributed by atoms with van der Waals surface area (Å²) in [6, 6.07) is 14.2. The topological polar surface area (TPSA) is 12.0 Å². The summed E-state index contributed by atoms with van der Waals surface area (Å²) >= 11 is 0. The molecule has 0 amide bonds. The zero-order chi connectivity index (χ0) is 17.2. The molecule has 1 aliphatic carbocycles. The molecule has 0 unspecified atom stereocenters. The van der Waals surface area contributed by atoms with Crippen LogP contribution in [0.5, 0.6) is 0 Å². The highest BCUT2D eigenvalue weighted by Crippen LogP contribution is 2.47. The van der Waals surface area contributed by atoms with Crippen LogP contribution in [0.4, 0.5) is 13.2 Å². The fourth-order valence-electron chi connectivity index (χ4n) is 2.87. The third-order valence-corrected chi connectivity index (χ3v) is 4.82. The first kappa shape index (κ1) is 17.0. The normalized spacial score (nSPS) is 16.2. The van der Waals surface area contributed by atoms with E-state index in [2.05, 4.69) is 36.5 Å². The van der Waals surface area contributed by atoms with Crippen LogP contribution < -0.4 is 5.32 Å². The van der Waals surface area contributed by atoms with Crippen molar-refractivity contribution in [1.29, 1.82) is 0 Å². The molecule has 2 aromatic rings. The molecule has 0 saturated heterocycles. The van der Waals surface area contributed by atoms with Gasteiger partial charge < -0.3 is 5.32 Å². The lowest BCUT2D eigenvalue weighted by molar-refractivity contribution is -0.137. The molecular weight excluding hydrogens is 311 g/mol. The average molecular weight is 333 g/mol. The lowest BCUT2D eigenvalue weighted by atomic mass is 9.97. The Morgan fingerprint density at radius 1 is 1.00 bits per heavy atom. The fraction of sp³-hybridized carbons (Fsp3) is 0.400. The van der Waals surface area contributed by atoms with Gasteiger partial charge in [-0.3, -0.25) is 0 Å². The molecule has 3 rings (SSSR count). The monoisotopic (exact) mass is 333 g/mol. The van der Waals surface area contributed by atoms with E-state index in [1.54, 1.807) is 6.07 Å². The molecule has 2 aromatic carbocycles. The Bertz CT molecular complexity index is 685. The molecule has 1 aliphatic rings. The maximum Gasteiger partial charge on any atom is 0.416 e. The highest BCUT2D eigenvalue weighted by molar-refractivity contribution is 5.32. The van der Waals surface area contributed by atoms with Crippen LogP contribution in [-0.4, -0.2) is 6.54 Å². The van der Waals surface area contributed by atoms with E-state index in [0.717, 1.165) is 12.6 Å². The van der Waals surface area contributed by atoms with Crippen molar-refractivity contribution in [2.75, 3.05) is 6.54 Å². The highest BCUT2D eigenvalue weighted by atomic mass is 19.4. The van der Waals surface area contributed by atoms with Gasteiger partial charge in [0.1, 0.15) is 0 Å². The van der Waals surface area contributed by atoms with Crippen molar-refractivity contribution in [3.05, 3.63) is 70.8 Å². The van der Waals surface area contributed by atoms with E-state index < -0.39 is 11.7 Å². The minimum atomic E-state index is -4.27. The van der Waals surface area contributed by atoms with E-state index in [4.69, 9.17) is 0 Å². The summed E-state index contributed by atoms with van der Waals surface area (Å²) in [5.74, 6) is 0. The van der Waals surface area contributed by atoms with Crippen molar-refractivity contribution in [2.45, 2.75) is 44.3 Å². The van der Waals surface area contributed by atoms with E-state index in [9.17, 15) is 13.2 Å². The number of rotatable bonds is 6. The van der Waals surface area contributed by atoms with E-state index in [1.807, 2.05) is 0 Å². The van der Waals surface area contributed by atoms with E-state index in [-0.39, 0.29) is 0 Å². The molecule has 0 aliphatic heterocycles. The van der Waals surface area contributed by atoms with Crippen molar-refractivity contribution in [2.24, 2.45) is 0 Å². The fourth-order valence-corrected chi connectivity index (χ4v) is 2.87. The van der Waals surface area contributed by atoms with Crippen molar-refractivity contribution >= 4 is 0 Å². The second-order valence-electron chi connectivity index (χ2n) is 6.88. The van der Waals surface area contributed by atoms with Gasteiger partial charge in [0.05, 0.1) is 5.56 Å². The van der Waals surface area contributed by atoms with Crippen LogP contribution in [-0.2, 0) is 24.6 Å². The van der Waals surface area contributed by atoms with Crippen LogP contribution in [0.2, 0.25) is 0 Å². The summed E-state index contributed by atoms with van der Waals surface area (Å²) in [4.78, 5) is 0. The van der Waals surface area contributed by atoms with Gasteiger partial charge in [0.25, 0.3) is 0 Å². The second kappa shape index (κ2) is 6.60. The Kier molecular flexibility index (Phi) is 4.68.